The Hall–Kier alpha value is -2.12. The first kappa shape index (κ1) is 19.2. The molecule has 2 N–H and O–H groups in total. The number of thioether (sulfide) groups is 2. The first-order chi connectivity index (χ1) is 13.7. The van der Waals surface area contributed by atoms with E-state index in [1.165, 1.54) is 23.5 Å². The van der Waals surface area contributed by atoms with Crippen LogP contribution in [0.1, 0.15) is 35.4 Å². The summed E-state index contributed by atoms with van der Waals surface area (Å²) in [5.41, 5.74) is 3.17. The number of imidazole rings is 1. The van der Waals surface area contributed by atoms with E-state index in [1.807, 2.05) is 66.8 Å². The molecule has 1 amide bonds. The Balaban J connectivity index is 1.29. The predicted molar refractivity (Wildman–Crippen MR) is 117 cm³/mol. The van der Waals surface area contributed by atoms with E-state index in [9.17, 15) is 4.79 Å². The van der Waals surface area contributed by atoms with Crippen LogP contribution in [0.5, 0.6) is 5.75 Å². The number of carbonyl (C=O) groups is 1. The zero-order chi connectivity index (χ0) is 19.3. The second-order valence-electron chi connectivity index (χ2n) is 6.71. The van der Waals surface area contributed by atoms with Gasteiger partial charge in [0.05, 0.1) is 21.7 Å². The molecule has 1 aromatic heterocycles. The Bertz CT molecular complexity index is 903. The third-order valence-electron chi connectivity index (χ3n) is 4.54. The van der Waals surface area contributed by atoms with Crippen molar-refractivity contribution in [3.63, 3.8) is 0 Å². The highest BCUT2D eigenvalue weighted by molar-refractivity contribution is 8.16. The molecule has 2 heterocycles. The first-order valence-electron chi connectivity index (χ1n) is 9.39. The van der Waals surface area contributed by atoms with Gasteiger partial charge in [0.15, 0.2) is 6.61 Å². The zero-order valence-corrected chi connectivity index (χ0v) is 17.3. The number of para-hydroxylation sites is 2. The van der Waals surface area contributed by atoms with Crippen molar-refractivity contribution in [3.05, 3.63) is 59.9 Å². The van der Waals surface area contributed by atoms with E-state index in [-0.39, 0.29) is 18.6 Å². The number of hydrogen-bond donors (Lipinski definition) is 2. The molecule has 2 aromatic carbocycles. The number of aromatic nitrogens is 2. The second-order valence-corrected chi connectivity index (χ2v) is 9.44. The van der Waals surface area contributed by atoms with Crippen molar-refractivity contribution < 1.29 is 9.53 Å². The molecule has 1 unspecified atom stereocenters. The highest BCUT2D eigenvalue weighted by Crippen LogP contribution is 2.43. The fraction of sp³-hybridized carbons (Fsp3) is 0.333. The third-order valence-corrected chi connectivity index (χ3v) is 7.56. The summed E-state index contributed by atoms with van der Waals surface area (Å²) in [4.78, 5) is 20.0. The molecule has 1 aliphatic heterocycles. The lowest BCUT2D eigenvalue weighted by atomic mass is 10.2. The lowest BCUT2D eigenvalue weighted by Gasteiger charge is -2.21. The van der Waals surface area contributed by atoms with Gasteiger partial charge in [-0.3, -0.25) is 4.79 Å². The number of amides is 1. The van der Waals surface area contributed by atoms with Crippen LogP contribution in [0.4, 0.5) is 0 Å². The number of hydrogen-bond acceptors (Lipinski definition) is 5. The molecule has 5 nitrogen and oxygen atoms in total. The summed E-state index contributed by atoms with van der Waals surface area (Å²) in [6.45, 7) is 1.89. The van der Waals surface area contributed by atoms with Gasteiger partial charge in [0.2, 0.25) is 0 Å². The summed E-state index contributed by atoms with van der Waals surface area (Å²) in [7, 11) is 0. The lowest BCUT2D eigenvalue weighted by Crippen LogP contribution is -2.31. The highest BCUT2D eigenvalue weighted by Gasteiger charge is 2.17. The maximum absolute atomic E-state index is 12.2. The molecular weight excluding hydrogens is 390 g/mol. The molecule has 146 valence electrons. The number of nitrogens with zero attached hydrogens (tertiary/aromatic N) is 1. The van der Waals surface area contributed by atoms with Gasteiger partial charge < -0.3 is 15.0 Å². The van der Waals surface area contributed by atoms with E-state index in [1.54, 1.807) is 0 Å². The van der Waals surface area contributed by atoms with Crippen molar-refractivity contribution >= 4 is 40.5 Å². The van der Waals surface area contributed by atoms with Crippen molar-refractivity contribution in [2.24, 2.45) is 0 Å². The number of fused-ring (bicyclic) bond motifs is 1. The van der Waals surface area contributed by atoms with Gasteiger partial charge in [0.25, 0.3) is 5.91 Å². The first-order valence-corrected chi connectivity index (χ1v) is 11.5. The van der Waals surface area contributed by atoms with Crippen LogP contribution in [0.3, 0.4) is 0 Å². The van der Waals surface area contributed by atoms with Gasteiger partial charge in [-0.15, -0.1) is 23.5 Å². The van der Waals surface area contributed by atoms with Crippen molar-refractivity contribution in [2.75, 3.05) is 18.1 Å². The zero-order valence-electron chi connectivity index (χ0n) is 15.7. The van der Waals surface area contributed by atoms with E-state index >= 15 is 0 Å². The fourth-order valence-electron chi connectivity index (χ4n) is 3.08. The van der Waals surface area contributed by atoms with Crippen molar-refractivity contribution in [3.8, 4) is 5.75 Å². The van der Waals surface area contributed by atoms with Crippen LogP contribution < -0.4 is 10.1 Å². The number of carbonyl (C=O) groups excluding carboxylic acids is 1. The quantitative estimate of drug-likeness (QED) is 0.614. The molecule has 0 saturated carbocycles. The molecule has 28 heavy (non-hydrogen) atoms. The van der Waals surface area contributed by atoms with Crippen LogP contribution in [-0.2, 0) is 4.79 Å². The Morgan fingerprint density at radius 3 is 2.71 bits per heavy atom. The maximum Gasteiger partial charge on any atom is 0.258 e. The van der Waals surface area contributed by atoms with Crippen molar-refractivity contribution in [1.82, 2.24) is 15.3 Å². The Morgan fingerprint density at radius 2 is 1.96 bits per heavy atom. The molecule has 1 aliphatic rings. The largest absolute Gasteiger partial charge is 0.484 e. The summed E-state index contributed by atoms with van der Waals surface area (Å²) >= 11 is 3.99. The van der Waals surface area contributed by atoms with Gasteiger partial charge in [-0.05, 0) is 54.7 Å². The number of benzene rings is 2. The van der Waals surface area contributed by atoms with E-state index < -0.39 is 0 Å². The van der Waals surface area contributed by atoms with E-state index in [2.05, 4.69) is 27.4 Å². The van der Waals surface area contributed by atoms with Crippen LogP contribution in [0.25, 0.3) is 11.0 Å². The molecule has 0 radical (unpaired) electrons. The molecule has 0 bridgehead atoms. The minimum atomic E-state index is -0.216. The molecular formula is C21H23N3O2S2. The highest BCUT2D eigenvalue weighted by atomic mass is 32.2. The SMILES string of the molecule is CC(NC(=O)COc1ccc(C2SCCCS2)cc1)c1nc2ccccc2[nH]1. The van der Waals surface area contributed by atoms with Crippen molar-refractivity contribution in [2.45, 2.75) is 24.0 Å². The summed E-state index contributed by atoms with van der Waals surface area (Å²) < 4.78 is 6.16. The van der Waals surface area contributed by atoms with Crippen LogP contribution in [0.15, 0.2) is 48.5 Å². The van der Waals surface area contributed by atoms with Gasteiger partial charge >= 0.3 is 0 Å². The maximum atomic E-state index is 12.2. The van der Waals surface area contributed by atoms with E-state index in [4.69, 9.17) is 4.74 Å². The average molecular weight is 414 g/mol. The van der Waals surface area contributed by atoms with E-state index in [0.717, 1.165) is 16.9 Å². The summed E-state index contributed by atoms with van der Waals surface area (Å²) in [5.74, 6) is 3.72. The molecule has 3 aromatic rings. The number of rotatable bonds is 6. The topological polar surface area (TPSA) is 67.0 Å². The molecule has 1 saturated heterocycles. The smallest absolute Gasteiger partial charge is 0.258 e. The molecule has 0 aliphatic carbocycles. The summed E-state index contributed by atoms with van der Waals surface area (Å²) in [5, 5.41) is 2.93. The standard InChI is InChI=1S/C21H23N3O2S2/c1-14(20-23-17-5-2-3-6-18(17)24-20)22-19(25)13-26-16-9-7-15(8-10-16)21-27-11-4-12-28-21/h2-3,5-10,14,21H,4,11-13H2,1H3,(H,22,25)(H,23,24). The number of ether oxygens (including phenoxy) is 1. The van der Waals surface area contributed by atoms with Gasteiger partial charge in [-0.2, -0.15) is 0 Å². The van der Waals surface area contributed by atoms with Crippen LogP contribution >= 0.6 is 23.5 Å². The summed E-state index contributed by atoms with van der Waals surface area (Å²) in [6.07, 6.45) is 1.29. The van der Waals surface area contributed by atoms with Crippen LogP contribution in [0, 0.1) is 0 Å². The van der Waals surface area contributed by atoms with Gasteiger partial charge in [0, 0.05) is 0 Å². The molecule has 0 spiro atoms. The normalized spacial score (nSPS) is 16.0. The lowest BCUT2D eigenvalue weighted by molar-refractivity contribution is -0.123. The van der Waals surface area contributed by atoms with E-state index in [0.29, 0.717) is 10.3 Å². The van der Waals surface area contributed by atoms with Gasteiger partial charge in [0.1, 0.15) is 11.6 Å². The molecule has 1 fully saturated rings. The van der Waals surface area contributed by atoms with Crippen LogP contribution in [-0.4, -0.2) is 34.0 Å². The minimum absolute atomic E-state index is 0.0170. The monoisotopic (exact) mass is 413 g/mol. The van der Waals surface area contributed by atoms with Gasteiger partial charge in [-0.1, -0.05) is 24.3 Å². The minimum Gasteiger partial charge on any atom is -0.484 e. The Kier molecular flexibility index (Phi) is 6.12. The third kappa shape index (κ3) is 4.64. The Morgan fingerprint density at radius 1 is 1.21 bits per heavy atom. The Labute approximate surface area is 173 Å². The fourth-order valence-corrected chi connectivity index (χ4v) is 5.97. The predicted octanol–water partition coefficient (Wildman–Crippen LogP) is 4.69. The number of H-pyrrole nitrogens is 1. The molecule has 7 heteroatoms. The van der Waals surface area contributed by atoms with Gasteiger partial charge in [-0.25, -0.2) is 4.98 Å². The number of nitrogens with one attached hydrogen (secondary N) is 2. The van der Waals surface area contributed by atoms with Crippen LogP contribution in [0.2, 0.25) is 0 Å². The average Bonchev–Trinajstić information content (AvgIpc) is 3.18. The number of aromatic amines is 1. The second kappa shape index (κ2) is 8.92. The molecule has 4 rings (SSSR count). The van der Waals surface area contributed by atoms with Crippen molar-refractivity contribution in [1.29, 1.82) is 0 Å². The summed E-state index contributed by atoms with van der Waals surface area (Å²) in [6, 6.07) is 15.7. The molecule has 1 atom stereocenters.